The van der Waals surface area contributed by atoms with E-state index in [1.165, 1.54) is 37.7 Å². The normalized spacial score (nSPS) is 18.3. The van der Waals surface area contributed by atoms with Crippen LogP contribution in [0.2, 0.25) is 0 Å². The summed E-state index contributed by atoms with van der Waals surface area (Å²) >= 11 is 0. The zero-order valence-electron chi connectivity index (χ0n) is 10.5. The molecule has 17 heavy (non-hydrogen) atoms. The fraction of sp³-hybridized carbons (Fsp3) is 0.571. The smallest absolute Gasteiger partial charge is 0.0798 e. The Hall–Kier alpha value is -1.22. The molecule has 1 aromatic heterocycles. The molecule has 0 spiro atoms. The Kier molecular flexibility index (Phi) is 4.68. The molecule has 92 valence electrons. The SMILES string of the molecule is CCNC(C1=CCCCCC1)c1cnccn1. The highest BCUT2D eigenvalue weighted by Crippen LogP contribution is 2.27. The topological polar surface area (TPSA) is 37.8 Å². The van der Waals surface area contributed by atoms with Crippen molar-refractivity contribution in [3.05, 3.63) is 35.9 Å². The van der Waals surface area contributed by atoms with Crippen molar-refractivity contribution in [1.82, 2.24) is 15.3 Å². The Labute approximate surface area is 103 Å². The van der Waals surface area contributed by atoms with Gasteiger partial charge in [0.1, 0.15) is 0 Å². The maximum Gasteiger partial charge on any atom is 0.0798 e. The number of aromatic nitrogens is 2. The molecule has 2 rings (SSSR count). The van der Waals surface area contributed by atoms with Crippen LogP contribution >= 0.6 is 0 Å². The van der Waals surface area contributed by atoms with Crippen molar-refractivity contribution in [2.45, 2.75) is 45.1 Å². The largest absolute Gasteiger partial charge is 0.305 e. The maximum atomic E-state index is 4.44. The average Bonchev–Trinajstić information content (AvgIpc) is 2.66. The van der Waals surface area contributed by atoms with E-state index >= 15 is 0 Å². The van der Waals surface area contributed by atoms with Gasteiger partial charge in [0.2, 0.25) is 0 Å². The first-order chi connectivity index (χ1) is 8.42. The second-order valence-electron chi connectivity index (χ2n) is 4.50. The monoisotopic (exact) mass is 231 g/mol. The summed E-state index contributed by atoms with van der Waals surface area (Å²) in [6.45, 7) is 3.10. The van der Waals surface area contributed by atoms with Gasteiger partial charge in [0, 0.05) is 12.4 Å². The molecule has 1 N–H and O–H groups in total. The summed E-state index contributed by atoms with van der Waals surface area (Å²) in [5, 5.41) is 3.53. The number of hydrogen-bond acceptors (Lipinski definition) is 3. The molecular weight excluding hydrogens is 210 g/mol. The second kappa shape index (κ2) is 6.50. The Balaban J connectivity index is 2.19. The Morgan fingerprint density at radius 1 is 1.29 bits per heavy atom. The molecule has 3 nitrogen and oxygen atoms in total. The minimum absolute atomic E-state index is 0.256. The minimum Gasteiger partial charge on any atom is -0.305 e. The van der Waals surface area contributed by atoms with Gasteiger partial charge in [-0.25, -0.2) is 0 Å². The molecule has 0 radical (unpaired) electrons. The van der Waals surface area contributed by atoms with Crippen molar-refractivity contribution in [3.8, 4) is 0 Å². The maximum absolute atomic E-state index is 4.44. The number of rotatable bonds is 4. The predicted molar refractivity (Wildman–Crippen MR) is 69.6 cm³/mol. The fourth-order valence-corrected chi connectivity index (χ4v) is 2.39. The van der Waals surface area contributed by atoms with Crippen LogP contribution < -0.4 is 5.32 Å². The zero-order valence-corrected chi connectivity index (χ0v) is 10.5. The summed E-state index contributed by atoms with van der Waals surface area (Å²) in [5.74, 6) is 0. The minimum atomic E-state index is 0.256. The van der Waals surface area contributed by atoms with Crippen LogP contribution in [-0.2, 0) is 0 Å². The molecule has 1 atom stereocenters. The van der Waals surface area contributed by atoms with Crippen LogP contribution in [0.25, 0.3) is 0 Å². The van der Waals surface area contributed by atoms with Gasteiger partial charge in [0.25, 0.3) is 0 Å². The molecule has 1 unspecified atom stereocenters. The zero-order chi connectivity index (χ0) is 11.9. The average molecular weight is 231 g/mol. The van der Waals surface area contributed by atoms with Crippen LogP contribution in [0.4, 0.5) is 0 Å². The van der Waals surface area contributed by atoms with Crippen molar-refractivity contribution in [3.63, 3.8) is 0 Å². The van der Waals surface area contributed by atoms with Crippen molar-refractivity contribution >= 4 is 0 Å². The van der Waals surface area contributed by atoms with E-state index < -0.39 is 0 Å². The quantitative estimate of drug-likeness (QED) is 0.809. The summed E-state index contributed by atoms with van der Waals surface area (Å²) in [6.07, 6.45) is 14.1. The lowest BCUT2D eigenvalue weighted by atomic mass is 9.99. The molecule has 0 amide bonds. The highest BCUT2D eigenvalue weighted by Gasteiger charge is 2.17. The Morgan fingerprint density at radius 3 is 3.00 bits per heavy atom. The fourth-order valence-electron chi connectivity index (χ4n) is 2.39. The van der Waals surface area contributed by atoms with Gasteiger partial charge in [0.15, 0.2) is 0 Å². The molecule has 1 heterocycles. The van der Waals surface area contributed by atoms with Crippen LogP contribution in [-0.4, -0.2) is 16.5 Å². The highest BCUT2D eigenvalue weighted by atomic mass is 14.9. The highest BCUT2D eigenvalue weighted by molar-refractivity contribution is 5.21. The number of allylic oxidation sites excluding steroid dienone is 1. The molecule has 0 saturated heterocycles. The molecule has 1 aromatic rings. The van der Waals surface area contributed by atoms with Gasteiger partial charge in [-0.2, -0.15) is 0 Å². The van der Waals surface area contributed by atoms with Gasteiger partial charge < -0.3 is 5.32 Å². The van der Waals surface area contributed by atoms with Crippen LogP contribution in [0.5, 0.6) is 0 Å². The van der Waals surface area contributed by atoms with Crippen molar-refractivity contribution in [2.24, 2.45) is 0 Å². The number of likely N-dealkylation sites (N-methyl/N-ethyl adjacent to an activating group) is 1. The van der Waals surface area contributed by atoms with Crippen LogP contribution in [0.15, 0.2) is 30.2 Å². The van der Waals surface area contributed by atoms with Crippen molar-refractivity contribution in [1.29, 1.82) is 0 Å². The summed E-state index contributed by atoms with van der Waals surface area (Å²) in [7, 11) is 0. The van der Waals surface area contributed by atoms with Gasteiger partial charge in [0.05, 0.1) is 17.9 Å². The van der Waals surface area contributed by atoms with Gasteiger partial charge >= 0.3 is 0 Å². The van der Waals surface area contributed by atoms with E-state index in [9.17, 15) is 0 Å². The van der Waals surface area contributed by atoms with Gasteiger partial charge in [-0.15, -0.1) is 0 Å². The lowest BCUT2D eigenvalue weighted by Crippen LogP contribution is -2.24. The molecule has 0 fully saturated rings. The van der Waals surface area contributed by atoms with Gasteiger partial charge in [-0.05, 0) is 32.2 Å². The molecule has 0 saturated carbocycles. The van der Waals surface area contributed by atoms with Crippen LogP contribution in [0, 0.1) is 0 Å². The summed E-state index contributed by atoms with van der Waals surface area (Å²) in [5.41, 5.74) is 2.53. The third kappa shape index (κ3) is 3.37. The van der Waals surface area contributed by atoms with Gasteiger partial charge in [-0.1, -0.05) is 25.0 Å². The lowest BCUT2D eigenvalue weighted by Gasteiger charge is -2.20. The van der Waals surface area contributed by atoms with Crippen molar-refractivity contribution in [2.75, 3.05) is 6.54 Å². The lowest BCUT2D eigenvalue weighted by molar-refractivity contribution is 0.575. The molecule has 0 aliphatic heterocycles. The van der Waals surface area contributed by atoms with Crippen LogP contribution in [0.3, 0.4) is 0 Å². The molecule has 3 heteroatoms. The third-order valence-corrected chi connectivity index (χ3v) is 3.23. The summed E-state index contributed by atoms with van der Waals surface area (Å²) in [6, 6.07) is 0.256. The molecule has 0 aromatic carbocycles. The van der Waals surface area contributed by atoms with E-state index in [-0.39, 0.29) is 6.04 Å². The van der Waals surface area contributed by atoms with E-state index in [0.29, 0.717) is 0 Å². The van der Waals surface area contributed by atoms with E-state index in [2.05, 4.69) is 28.3 Å². The first-order valence-corrected chi connectivity index (χ1v) is 6.60. The first kappa shape index (κ1) is 12.2. The second-order valence-corrected chi connectivity index (χ2v) is 4.50. The van der Waals surface area contributed by atoms with E-state index in [4.69, 9.17) is 0 Å². The summed E-state index contributed by atoms with van der Waals surface area (Å²) < 4.78 is 0. The van der Waals surface area contributed by atoms with Gasteiger partial charge in [-0.3, -0.25) is 9.97 Å². The van der Waals surface area contributed by atoms with Crippen LogP contribution in [0.1, 0.15) is 50.8 Å². The molecular formula is C14H21N3. The summed E-state index contributed by atoms with van der Waals surface area (Å²) in [4.78, 5) is 8.61. The first-order valence-electron chi connectivity index (χ1n) is 6.60. The van der Waals surface area contributed by atoms with E-state index in [1.54, 1.807) is 12.4 Å². The number of hydrogen-bond donors (Lipinski definition) is 1. The predicted octanol–water partition coefficient (Wildman–Crippen LogP) is 3.02. The molecule has 1 aliphatic carbocycles. The Morgan fingerprint density at radius 2 is 2.24 bits per heavy atom. The van der Waals surface area contributed by atoms with Crippen molar-refractivity contribution < 1.29 is 0 Å². The molecule has 0 bridgehead atoms. The van der Waals surface area contributed by atoms with E-state index in [0.717, 1.165) is 12.2 Å². The number of nitrogens with zero attached hydrogens (tertiary/aromatic N) is 2. The third-order valence-electron chi connectivity index (χ3n) is 3.23. The number of nitrogens with one attached hydrogen (secondary N) is 1. The molecule has 1 aliphatic rings. The van der Waals surface area contributed by atoms with E-state index in [1.807, 2.05) is 6.20 Å². The Bertz CT molecular complexity index is 359. The standard InChI is InChI=1S/C14H21N3/c1-2-16-14(13-11-15-9-10-17-13)12-7-5-3-4-6-8-12/h7,9-11,14,16H,2-6,8H2,1H3.